The number of benzene rings is 1. The zero-order chi connectivity index (χ0) is 19.4. The van der Waals surface area contributed by atoms with Crippen molar-refractivity contribution in [1.29, 1.82) is 0 Å². The van der Waals surface area contributed by atoms with Crippen LogP contribution in [0.1, 0.15) is 32.3 Å². The maximum atomic E-state index is 14.2. The third-order valence-electron chi connectivity index (χ3n) is 4.08. The van der Waals surface area contributed by atoms with Crippen LogP contribution in [0.15, 0.2) is 46.4 Å². The lowest BCUT2D eigenvalue weighted by Gasteiger charge is -2.10. The number of furan rings is 1. The number of anilines is 1. The van der Waals surface area contributed by atoms with Crippen LogP contribution in [0.2, 0.25) is 0 Å². The van der Waals surface area contributed by atoms with Crippen molar-refractivity contribution in [3.8, 4) is 11.4 Å². The first kappa shape index (κ1) is 19.2. The van der Waals surface area contributed by atoms with E-state index in [1.807, 2.05) is 31.4 Å². The molecule has 2 aromatic heterocycles. The number of thioether (sulfide) groups is 1. The van der Waals surface area contributed by atoms with Crippen molar-refractivity contribution in [3.63, 3.8) is 0 Å². The lowest BCUT2D eigenvalue weighted by molar-refractivity contribution is -0.113. The first-order chi connectivity index (χ1) is 13.0. The molecule has 3 aromatic rings. The first-order valence-electron chi connectivity index (χ1n) is 8.67. The van der Waals surface area contributed by atoms with Crippen LogP contribution < -0.4 is 5.32 Å². The van der Waals surface area contributed by atoms with E-state index in [0.29, 0.717) is 17.5 Å². The summed E-state index contributed by atoms with van der Waals surface area (Å²) in [6.45, 7) is 6.61. The monoisotopic (exact) mass is 388 g/mol. The summed E-state index contributed by atoms with van der Waals surface area (Å²) in [6, 6.07) is 6.68. The minimum absolute atomic E-state index is 0.106. The van der Waals surface area contributed by atoms with Gasteiger partial charge in [0, 0.05) is 6.54 Å². The molecule has 2 heterocycles. The molecule has 0 aliphatic carbocycles. The Morgan fingerprint density at radius 1 is 1.33 bits per heavy atom. The highest BCUT2D eigenvalue weighted by atomic mass is 32.2. The Bertz CT molecular complexity index is 922. The predicted octanol–water partition coefficient (Wildman–Crippen LogP) is 4.55. The average Bonchev–Trinajstić information content (AvgIpc) is 3.30. The predicted molar refractivity (Wildman–Crippen MR) is 103 cm³/mol. The second-order valence-electron chi connectivity index (χ2n) is 6.29. The zero-order valence-electron chi connectivity index (χ0n) is 15.4. The molecule has 0 saturated heterocycles. The number of nitrogens with one attached hydrogen (secondary N) is 1. The Morgan fingerprint density at radius 2 is 2.15 bits per heavy atom. The quantitative estimate of drug-likeness (QED) is 0.601. The van der Waals surface area contributed by atoms with Gasteiger partial charge in [0.2, 0.25) is 5.91 Å². The Morgan fingerprint density at radius 3 is 2.78 bits per heavy atom. The van der Waals surface area contributed by atoms with Crippen molar-refractivity contribution in [3.05, 3.63) is 48.2 Å². The van der Waals surface area contributed by atoms with Gasteiger partial charge in [0.05, 0.1) is 23.3 Å². The normalized spacial score (nSPS) is 11.1. The molecule has 1 aromatic carbocycles. The SMILES string of the molecule is CCn1c(SCC(=O)Nc2ccc(C(C)C)cc2F)nnc1-c1ccoc1. The van der Waals surface area contributed by atoms with Gasteiger partial charge in [-0.25, -0.2) is 4.39 Å². The highest BCUT2D eigenvalue weighted by molar-refractivity contribution is 7.99. The fraction of sp³-hybridized carbons (Fsp3) is 0.316. The number of hydrogen-bond acceptors (Lipinski definition) is 5. The second kappa shape index (κ2) is 8.39. The molecule has 142 valence electrons. The molecule has 0 atom stereocenters. The molecule has 0 bridgehead atoms. The molecular formula is C19H21FN4O2S. The van der Waals surface area contributed by atoms with E-state index in [2.05, 4.69) is 15.5 Å². The van der Waals surface area contributed by atoms with Gasteiger partial charge in [-0.05, 0) is 36.6 Å². The molecule has 0 spiro atoms. The van der Waals surface area contributed by atoms with E-state index in [1.54, 1.807) is 24.7 Å². The van der Waals surface area contributed by atoms with Gasteiger partial charge < -0.3 is 14.3 Å². The summed E-state index contributed by atoms with van der Waals surface area (Å²) in [6.07, 6.45) is 3.17. The summed E-state index contributed by atoms with van der Waals surface area (Å²) >= 11 is 1.26. The summed E-state index contributed by atoms with van der Waals surface area (Å²) in [5.41, 5.74) is 1.90. The van der Waals surface area contributed by atoms with Gasteiger partial charge in [0.15, 0.2) is 11.0 Å². The third-order valence-corrected chi connectivity index (χ3v) is 5.05. The van der Waals surface area contributed by atoms with Gasteiger partial charge >= 0.3 is 0 Å². The van der Waals surface area contributed by atoms with Gasteiger partial charge in [0.1, 0.15) is 12.1 Å². The summed E-state index contributed by atoms with van der Waals surface area (Å²) in [7, 11) is 0. The van der Waals surface area contributed by atoms with Gasteiger partial charge in [-0.15, -0.1) is 10.2 Å². The number of carbonyl (C=O) groups excluding carboxylic acids is 1. The number of halogens is 1. The van der Waals surface area contributed by atoms with Crippen LogP contribution in [0.4, 0.5) is 10.1 Å². The smallest absolute Gasteiger partial charge is 0.234 e. The Hall–Kier alpha value is -2.61. The summed E-state index contributed by atoms with van der Waals surface area (Å²) in [5, 5.41) is 11.6. The third kappa shape index (κ3) is 4.39. The van der Waals surface area contributed by atoms with Crippen LogP contribution in [-0.4, -0.2) is 26.4 Å². The zero-order valence-corrected chi connectivity index (χ0v) is 16.2. The molecule has 3 rings (SSSR count). The fourth-order valence-corrected chi connectivity index (χ4v) is 3.40. The molecular weight excluding hydrogens is 367 g/mol. The molecule has 8 heteroatoms. The van der Waals surface area contributed by atoms with Crippen LogP contribution in [-0.2, 0) is 11.3 Å². The number of aromatic nitrogens is 3. The molecule has 0 aliphatic heterocycles. The molecule has 6 nitrogen and oxygen atoms in total. The summed E-state index contributed by atoms with van der Waals surface area (Å²) in [4.78, 5) is 12.2. The fourth-order valence-electron chi connectivity index (χ4n) is 2.59. The molecule has 0 unspecified atom stereocenters. The Balaban J connectivity index is 1.65. The molecule has 27 heavy (non-hydrogen) atoms. The van der Waals surface area contributed by atoms with Crippen LogP contribution in [0, 0.1) is 5.82 Å². The van der Waals surface area contributed by atoms with Crippen molar-refractivity contribution in [2.45, 2.75) is 38.4 Å². The van der Waals surface area contributed by atoms with Crippen LogP contribution in [0.5, 0.6) is 0 Å². The number of nitrogens with zero attached hydrogens (tertiary/aromatic N) is 3. The van der Waals surface area contributed by atoms with Crippen LogP contribution >= 0.6 is 11.8 Å². The molecule has 0 aliphatic rings. The van der Waals surface area contributed by atoms with E-state index in [-0.39, 0.29) is 23.3 Å². The molecule has 0 radical (unpaired) electrons. The number of hydrogen-bond donors (Lipinski definition) is 1. The number of carbonyl (C=O) groups is 1. The molecule has 1 amide bonds. The number of rotatable bonds is 7. The van der Waals surface area contributed by atoms with Crippen LogP contribution in [0.25, 0.3) is 11.4 Å². The Kier molecular flexibility index (Phi) is 5.95. The first-order valence-corrected chi connectivity index (χ1v) is 9.66. The van der Waals surface area contributed by atoms with Crippen molar-refractivity contribution in [1.82, 2.24) is 14.8 Å². The standard InChI is InChI=1S/C19H21FN4O2S/c1-4-24-18(14-7-8-26-10-14)22-23-19(24)27-11-17(25)21-16-6-5-13(12(2)3)9-15(16)20/h5-10,12H,4,11H2,1-3H3,(H,21,25). The maximum absolute atomic E-state index is 14.2. The molecule has 0 fully saturated rings. The lowest BCUT2D eigenvalue weighted by atomic mass is 10.0. The highest BCUT2D eigenvalue weighted by Gasteiger charge is 2.16. The van der Waals surface area contributed by atoms with Gasteiger partial charge in [0.25, 0.3) is 0 Å². The molecule has 1 N–H and O–H groups in total. The van der Waals surface area contributed by atoms with Crippen LogP contribution in [0.3, 0.4) is 0 Å². The summed E-state index contributed by atoms with van der Waals surface area (Å²) in [5.74, 6) is 0.286. The minimum atomic E-state index is -0.432. The minimum Gasteiger partial charge on any atom is -0.472 e. The van der Waals surface area contributed by atoms with Gasteiger partial charge in [-0.2, -0.15) is 0 Å². The topological polar surface area (TPSA) is 73.0 Å². The van der Waals surface area contributed by atoms with E-state index < -0.39 is 5.82 Å². The van der Waals surface area contributed by atoms with Gasteiger partial charge in [-0.1, -0.05) is 31.7 Å². The van der Waals surface area contributed by atoms with Gasteiger partial charge in [-0.3, -0.25) is 4.79 Å². The highest BCUT2D eigenvalue weighted by Crippen LogP contribution is 2.25. The second-order valence-corrected chi connectivity index (χ2v) is 7.24. The maximum Gasteiger partial charge on any atom is 0.234 e. The van der Waals surface area contributed by atoms with Crippen molar-refractivity contribution in [2.24, 2.45) is 0 Å². The van der Waals surface area contributed by atoms with Crippen molar-refractivity contribution < 1.29 is 13.6 Å². The summed E-state index contributed by atoms with van der Waals surface area (Å²) < 4.78 is 21.1. The molecule has 0 saturated carbocycles. The average molecular weight is 388 g/mol. The number of amides is 1. The van der Waals surface area contributed by atoms with E-state index in [1.165, 1.54) is 17.8 Å². The lowest BCUT2D eigenvalue weighted by Crippen LogP contribution is -2.15. The van der Waals surface area contributed by atoms with Crippen molar-refractivity contribution >= 4 is 23.4 Å². The van der Waals surface area contributed by atoms with E-state index in [9.17, 15) is 9.18 Å². The van der Waals surface area contributed by atoms with E-state index in [4.69, 9.17) is 4.42 Å². The van der Waals surface area contributed by atoms with E-state index >= 15 is 0 Å². The van der Waals surface area contributed by atoms with E-state index in [0.717, 1.165) is 11.1 Å². The Labute approximate surface area is 161 Å². The largest absolute Gasteiger partial charge is 0.472 e. The van der Waals surface area contributed by atoms with Crippen molar-refractivity contribution in [2.75, 3.05) is 11.1 Å².